The molecule has 0 unspecified atom stereocenters. The lowest BCUT2D eigenvalue weighted by Crippen LogP contribution is -2.25. The molecule has 0 atom stereocenters. The van der Waals surface area contributed by atoms with Crippen molar-refractivity contribution in [1.29, 1.82) is 0 Å². The van der Waals surface area contributed by atoms with Crippen molar-refractivity contribution < 1.29 is 8.42 Å². The number of benzene rings is 2. The van der Waals surface area contributed by atoms with Crippen molar-refractivity contribution in [3.63, 3.8) is 0 Å². The van der Waals surface area contributed by atoms with E-state index in [1.807, 2.05) is 44.4 Å². The third-order valence-electron chi connectivity index (χ3n) is 3.61. The molecule has 0 spiro atoms. The summed E-state index contributed by atoms with van der Waals surface area (Å²) in [6.45, 7) is 1.52. The molecule has 0 aliphatic heterocycles. The highest BCUT2D eigenvalue weighted by Crippen LogP contribution is 2.22. The fourth-order valence-corrected chi connectivity index (χ4v) is 3.75. The molecule has 22 heavy (non-hydrogen) atoms. The van der Waals surface area contributed by atoms with Crippen LogP contribution in [0.5, 0.6) is 0 Å². The summed E-state index contributed by atoms with van der Waals surface area (Å²) in [6, 6.07) is 12.9. The predicted molar refractivity (Wildman–Crippen MR) is 91.5 cm³/mol. The Labute approximate surface area is 133 Å². The number of hydrogen-bond donors (Lipinski definition) is 1. The minimum atomic E-state index is -3.45. The molecule has 0 amide bonds. The lowest BCUT2D eigenvalue weighted by molar-refractivity contribution is 0.391. The van der Waals surface area contributed by atoms with Crippen LogP contribution < -0.4 is 4.72 Å². The molecule has 2 aromatic carbocycles. The Balaban J connectivity index is 1.98. The first kappa shape index (κ1) is 16.9. The summed E-state index contributed by atoms with van der Waals surface area (Å²) in [6.07, 6.45) is 2.97. The molecule has 0 saturated heterocycles. The monoisotopic (exact) mass is 320 g/mol. The van der Waals surface area contributed by atoms with Gasteiger partial charge in [0.15, 0.2) is 0 Å². The fraction of sp³-hybridized carbons (Fsp3) is 0.412. The van der Waals surface area contributed by atoms with E-state index in [4.69, 9.17) is 0 Å². The maximum Gasteiger partial charge on any atom is 0.241 e. The first-order valence-corrected chi connectivity index (χ1v) is 9.11. The SMILES string of the molecule is CN(C)CCCCCNS(=O)(=O)c1cccc2ccccc12. The van der Waals surface area contributed by atoms with Crippen LogP contribution in [0.2, 0.25) is 0 Å². The van der Waals surface area contributed by atoms with Crippen LogP contribution in [0.15, 0.2) is 47.4 Å². The Morgan fingerprint density at radius 1 is 0.955 bits per heavy atom. The smallest absolute Gasteiger partial charge is 0.241 e. The molecule has 0 aliphatic rings. The summed E-state index contributed by atoms with van der Waals surface area (Å²) in [7, 11) is 0.639. The van der Waals surface area contributed by atoms with Crippen LogP contribution in [0.25, 0.3) is 10.8 Å². The first-order chi connectivity index (χ1) is 10.5. The van der Waals surface area contributed by atoms with E-state index in [0.29, 0.717) is 11.4 Å². The van der Waals surface area contributed by atoms with E-state index < -0.39 is 10.0 Å². The van der Waals surface area contributed by atoms with Crippen LogP contribution in [0.4, 0.5) is 0 Å². The second-order valence-corrected chi connectivity index (χ2v) is 7.47. The van der Waals surface area contributed by atoms with Gasteiger partial charge in [-0.3, -0.25) is 0 Å². The number of sulfonamides is 1. The van der Waals surface area contributed by atoms with E-state index >= 15 is 0 Å². The highest BCUT2D eigenvalue weighted by Gasteiger charge is 2.16. The lowest BCUT2D eigenvalue weighted by Gasteiger charge is -2.11. The largest absolute Gasteiger partial charge is 0.309 e. The zero-order chi connectivity index (χ0) is 16.0. The Hall–Kier alpha value is -1.43. The van der Waals surface area contributed by atoms with Gasteiger partial charge < -0.3 is 4.90 Å². The minimum absolute atomic E-state index is 0.360. The molecule has 4 nitrogen and oxygen atoms in total. The van der Waals surface area contributed by atoms with E-state index in [0.717, 1.165) is 36.6 Å². The van der Waals surface area contributed by atoms with Gasteiger partial charge >= 0.3 is 0 Å². The van der Waals surface area contributed by atoms with Crippen LogP contribution in [-0.2, 0) is 10.0 Å². The van der Waals surface area contributed by atoms with Gasteiger partial charge in [0.25, 0.3) is 0 Å². The molecular weight excluding hydrogens is 296 g/mol. The van der Waals surface area contributed by atoms with E-state index in [2.05, 4.69) is 9.62 Å². The average molecular weight is 320 g/mol. The zero-order valence-electron chi connectivity index (χ0n) is 13.2. The predicted octanol–water partition coefficient (Wildman–Crippen LogP) is 2.85. The van der Waals surface area contributed by atoms with E-state index in [1.54, 1.807) is 12.1 Å². The number of nitrogens with zero attached hydrogens (tertiary/aromatic N) is 1. The molecule has 2 aromatic rings. The Kier molecular flexibility index (Phi) is 5.94. The van der Waals surface area contributed by atoms with Crippen LogP contribution in [0.1, 0.15) is 19.3 Å². The standard InChI is InChI=1S/C17H24N2O2S/c1-19(2)14-7-3-6-13-18-22(20,21)17-12-8-10-15-9-4-5-11-16(15)17/h4-5,8-12,18H,3,6-7,13-14H2,1-2H3. The van der Waals surface area contributed by atoms with E-state index in [1.165, 1.54) is 0 Å². The Morgan fingerprint density at radius 2 is 1.68 bits per heavy atom. The summed E-state index contributed by atoms with van der Waals surface area (Å²) < 4.78 is 27.6. The van der Waals surface area contributed by atoms with Crippen molar-refractivity contribution in [2.45, 2.75) is 24.2 Å². The normalized spacial score (nSPS) is 12.1. The molecule has 0 aliphatic carbocycles. The maximum atomic E-state index is 12.5. The van der Waals surface area contributed by atoms with Crippen molar-refractivity contribution in [2.24, 2.45) is 0 Å². The van der Waals surface area contributed by atoms with Gasteiger partial charge in [-0.2, -0.15) is 0 Å². The van der Waals surface area contributed by atoms with Crippen LogP contribution in [-0.4, -0.2) is 40.5 Å². The molecule has 0 heterocycles. The molecule has 0 fully saturated rings. The molecule has 0 saturated carbocycles. The Morgan fingerprint density at radius 3 is 2.45 bits per heavy atom. The third kappa shape index (κ3) is 4.53. The third-order valence-corrected chi connectivity index (χ3v) is 5.13. The molecular formula is C17H24N2O2S. The van der Waals surface area contributed by atoms with Gasteiger partial charge in [0.2, 0.25) is 10.0 Å². The van der Waals surface area contributed by atoms with E-state index in [-0.39, 0.29) is 0 Å². The van der Waals surface area contributed by atoms with Crippen molar-refractivity contribution in [1.82, 2.24) is 9.62 Å². The van der Waals surface area contributed by atoms with Gasteiger partial charge in [-0.05, 0) is 44.9 Å². The average Bonchev–Trinajstić information content (AvgIpc) is 2.50. The quantitative estimate of drug-likeness (QED) is 0.761. The van der Waals surface area contributed by atoms with Gasteiger partial charge in [-0.25, -0.2) is 13.1 Å². The highest BCUT2D eigenvalue weighted by molar-refractivity contribution is 7.89. The number of hydrogen-bond acceptors (Lipinski definition) is 3. The molecule has 0 radical (unpaired) electrons. The summed E-state index contributed by atoms with van der Waals surface area (Å²) in [5, 5.41) is 1.71. The second kappa shape index (κ2) is 7.72. The van der Waals surface area contributed by atoms with Gasteiger partial charge in [0.05, 0.1) is 4.90 Å². The van der Waals surface area contributed by atoms with Crippen molar-refractivity contribution in [3.8, 4) is 0 Å². The van der Waals surface area contributed by atoms with Crippen molar-refractivity contribution in [2.75, 3.05) is 27.2 Å². The van der Waals surface area contributed by atoms with Crippen molar-refractivity contribution >= 4 is 20.8 Å². The first-order valence-electron chi connectivity index (χ1n) is 7.63. The molecule has 0 aromatic heterocycles. The number of unbranched alkanes of at least 4 members (excludes halogenated alkanes) is 2. The summed E-state index contributed by atoms with van der Waals surface area (Å²) in [5.74, 6) is 0. The molecule has 5 heteroatoms. The number of rotatable bonds is 8. The second-order valence-electron chi connectivity index (χ2n) is 5.74. The number of nitrogens with one attached hydrogen (secondary N) is 1. The molecule has 120 valence electrons. The summed E-state index contributed by atoms with van der Waals surface area (Å²) >= 11 is 0. The molecule has 1 N–H and O–H groups in total. The van der Waals surface area contributed by atoms with Crippen molar-refractivity contribution in [3.05, 3.63) is 42.5 Å². The molecule has 2 rings (SSSR count). The van der Waals surface area contributed by atoms with Gasteiger partial charge in [0, 0.05) is 11.9 Å². The van der Waals surface area contributed by atoms with Crippen LogP contribution in [0, 0.1) is 0 Å². The minimum Gasteiger partial charge on any atom is -0.309 e. The van der Waals surface area contributed by atoms with Crippen LogP contribution >= 0.6 is 0 Å². The summed E-state index contributed by atoms with van der Waals surface area (Å²) in [4.78, 5) is 2.50. The summed E-state index contributed by atoms with van der Waals surface area (Å²) in [5.41, 5.74) is 0. The van der Waals surface area contributed by atoms with Gasteiger partial charge in [-0.15, -0.1) is 0 Å². The lowest BCUT2D eigenvalue weighted by atomic mass is 10.1. The number of fused-ring (bicyclic) bond motifs is 1. The van der Waals surface area contributed by atoms with Gasteiger partial charge in [-0.1, -0.05) is 42.8 Å². The zero-order valence-corrected chi connectivity index (χ0v) is 14.1. The fourth-order valence-electron chi connectivity index (χ4n) is 2.44. The topological polar surface area (TPSA) is 49.4 Å². The highest BCUT2D eigenvalue weighted by atomic mass is 32.2. The van der Waals surface area contributed by atoms with Gasteiger partial charge in [0.1, 0.15) is 0 Å². The molecule has 0 bridgehead atoms. The van der Waals surface area contributed by atoms with E-state index in [9.17, 15) is 8.42 Å². The maximum absolute atomic E-state index is 12.5. The van der Waals surface area contributed by atoms with Crippen LogP contribution in [0.3, 0.4) is 0 Å². The Bertz CT molecular complexity index is 706.